The second-order valence-corrected chi connectivity index (χ2v) is 3.56. The van der Waals surface area contributed by atoms with Crippen LogP contribution in [0, 0.1) is 6.92 Å². The van der Waals surface area contributed by atoms with Crippen LogP contribution in [0.1, 0.15) is 18.9 Å². The summed E-state index contributed by atoms with van der Waals surface area (Å²) in [6, 6.07) is 7.79. The Kier molecular flexibility index (Phi) is 2.08. The molecule has 1 aromatic rings. The van der Waals surface area contributed by atoms with Crippen molar-refractivity contribution in [1.82, 2.24) is 0 Å². The lowest BCUT2D eigenvalue weighted by Gasteiger charge is -2.11. The molecule has 14 heavy (non-hydrogen) atoms. The van der Waals surface area contributed by atoms with Gasteiger partial charge < -0.3 is 0 Å². The smallest absolute Gasteiger partial charge is 0.253 e. The first-order valence-electron chi connectivity index (χ1n) is 4.60. The highest BCUT2D eigenvalue weighted by molar-refractivity contribution is 6.12. The van der Waals surface area contributed by atoms with E-state index in [-0.39, 0.29) is 5.91 Å². The Morgan fingerprint density at radius 3 is 2.71 bits per heavy atom. The highest BCUT2D eigenvalue weighted by Crippen LogP contribution is 2.20. The van der Waals surface area contributed by atoms with Crippen molar-refractivity contribution in [2.45, 2.75) is 20.3 Å². The maximum absolute atomic E-state index is 11.5. The summed E-state index contributed by atoms with van der Waals surface area (Å²) in [5, 5.41) is 5.66. The number of hydrogen-bond donors (Lipinski definition) is 0. The van der Waals surface area contributed by atoms with E-state index in [1.807, 2.05) is 38.1 Å². The lowest BCUT2D eigenvalue weighted by Crippen LogP contribution is -2.19. The molecule has 1 heterocycles. The van der Waals surface area contributed by atoms with Gasteiger partial charge in [0.05, 0.1) is 12.1 Å². The Hall–Kier alpha value is -1.64. The summed E-state index contributed by atoms with van der Waals surface area (Å²) in [5.74, 6) is 0.0492. The summed E-state index contributed by atoms with van der Waals surface area (Å²) in [6.07, 6.45) is 0.438. The van der Waals surface area contributed by atoms with Crippen LogP contribution in [-0.4, -0.2) is 11.6 Å². The van der Waals surface area contributed by atoms with Gasteiger partial charge in [0.1, 0.15) is 0 Å². The molecule has 0 atom stereocenters. The van der Waals surface area contributed by atoms with Gasteiger partial charge in [0.25, 0.3) is 5.91 Å². The maximum atomic E-state index is 11.5. The number of benzene rings is 1. The van der Waals surface area contributed by atoms with Gasteiger partial charge in [-0.15, -0.1) is 0 Å². The zero-order valence-electron chi connectivity index (χ0n) is 8.32. The molecule has 1 aliphatic rings. The molecule has 3 nitrogen and oxygen atoms in total. The van der Waals surface area contributed by atoms with E-state index >= 15 is 0 Å². The molecule has 1 aromatic carbocycles. The van der Waals surface area contributed by atoms with Crippen molar-refractivity contribution in [2.24, 2.45) is 5.10 Å². The van der Waals surface area contributed by atoms with Crippen LogP contribution in [0.4, 0.5) is 5.69 Å². The molecule has 1 aliphatic heterocycles. The first-order chi connectivity index (χ1) is 6.66. The second-order valence-electron chi connectivity index (χ2n) is 3.56. The van der Waals surface area contributed by atoms with E-state index in [9.17, 15) is 4.79 Å². The molecule has 0 spiro atoms. The monoisotopic (exact) mass is 188 g/mol. The molecule has 72 valence electrons. The lowest BCUT2D eigenvalue weighted by molar-refractivity contribution is -0.116. The van der Waals surface area contributed by atoms with Gasteiger partial charge in [-0.25, -0.2) is 5.01 Å². The van der Waals surface area contributed by atoms with Crippen LogP contribution in [0.2, 0.25) is 0 Å². The number of carbonyl (C=O) groups is 1. The largest absolute Gasteiger partial charge is 0.272 e. The summed E-state index contributed by atoms with van der Waals surface area (Å²) in [4.78, 5) is 11.5. The summed E-state index contributed by atoms with van der Waals surface area (Å²) in [6.45, 7) is 3.87. The van der Waals surface area contributed by atoms with Crippen molar-refractivity contribution >= 4 is 17.3 Å². The summed E-state index contributed by atoms with van der Waals surface area (Å²) < 4.78 is 0. The third-order valence-corrected chi connectivity index (χ3v) is 2.16. The Morgan fingerprint density at radius 1 is 1.36 bits per heavy atom. The van der Waals surface area contributed by atoms with E-state index in [1.54, 1.807) is 0 Å². The van der Waals surface area contributed by atoms with Crippen LogP contribution in [-0.2, 0) is 4.79 Å². The molecule has 0 unspecified atom stereocenters. The van der Waals surface area contributed by atoms with Gasteiger partial charge in [-0.3, -0.25) is 4.79 Å². The third-order valence-electron chi connectivity index (χ3n) is 2.16. The SMILES string of the molecule is CC1=NN(c2cccc(C)c2)C(=O)C1. The zero-order valence-corrected chi connectivity index (χ0v) is 8.32. The molecule has 0 fully saturated rings. The lowest BCUT2D eigenvalue weighted by atomic mass is 10.2. The number of nitrogens with zero attached hydrogens (tertiary/aromatic N) is 2. The summed E-state index contributed by atoms with van der Waals surface area (Å²) >= 11 is 0. The van der Waals surface area contributed by atoms with E-state index in [1.165, 1.54) is 5.01 Å². The van der Waals surface area contributed by atoms with Crippen LogP contribution in [0.3, 0.4) is 0 Å². The standard InChI is InChI=1S/C11H12N2O/c1-8-4-3-5-10(6-8)13-11(14)7-9(2)12-13/h3-6H,7H2,1-2H3. The number of hydrazone groups is 1. The molecule has 0 radical (unpaired) electrons. The molecular formula is C11H12N2O. The van der Waals surface area contributed by atoms with Crippen LogP contribution >= 0.6 is 0 Å². The van der Waals surface area contributed by atoms with Gasteiger partial charge in [0, 0.05) is 5.71 Å². The van der Waals surface area contributed by atoms with Crippen molar-refractivity contribution < 1.29 is 4.79 Å². The predicted molar refractivity (Wildman–Crippen MR) is 56.4 cm³/mol. The molecule has 0 N–H and O–H groups in total. The van der Waals surface area contributed by atoms with E-state index in [0.29, 0.717) is 6.42 Å². The molecule has 3 heteroatoms. The minimum atomic E-state index is 0.0492. The maximum Gasteiger partial charge on any atom is 0.253 e. The fourth-order valence-electron chi connectivity index (χ4n) is 1.52. The predicted octanol–water partition coefficient (Wildman–Crippen LogP) is 2.11. The van der Waals surface area contributed by atoms with Crippen LogP contribution in [0.25, 0.3) is 0 Å². The minimum Gasteiger partial charge on any atom is -0.272 e. The van der Waals surface area contributed by atoms with Gasteiger partial charge in [0.15, 0.2) is 0 Å². The fraction of sp³-hybridized carbons (Fsp3) is 0.273. The normalized spacial score (nSPS) is 16.0. The van der Waals surface area contributed by atoms with Gasteiger partial charge in [-0.05, 0) is 31.5 Å². The molecular weight excluding hydrogens is 176 g/mol. The average Bonchev–Trinajstić information content (AvgIpc) is 2.45. The van der Waals surface area contributed by atoms with Gasteiger partial charge >= 0.3 is 0 Å². The number of hydrogen-bond acceptors (Lipinski definition) is 2. The van der Waals surface area contributed by atoms with Crippen molar-refractivity contribution in [3.05, 3.63) is 29.8 Å². The Balaban J connectivity index is 2.36. The number of aryl methyl sites for hydroxylation is 1. The van der Waals surface area contributed by atoms with Crippen LogP contribution in [0.15, 0.2) is 29.4 Å². The second kappa shape index (κ2) is 3.25. The Labute approximate surface area is 83.0 Å². The Morgan fingerprint density at radius 2 is 2.14 bits per heavy atom. The highest BCUT2D eigenvalue weighted by Gasteiger charge is 2.22. The van der Waals surface area contributed by atoms with Crippen molar-refractivity contribution in [2.75, 3.05) is 5.01 Å². The number of anilines is 1. The van der Waals surface area contributed by atoms with E-state index in [4.69, 9.17) is 0 Å². The molecule has 0 aliphatic carbocycles. The number of rotatable bonds is 1. The molecule has 1 amide bonds. The highest BCUT2D eigenvalue weighted by atomic mass is 16.2. The average molecular weight is 188 g/mol. The molecule has 0 aromatic heterocycles. The molecule has 0 saturated heterocycles. The van der Waals surface area contributed by atoms with Crippen molar-refractivity contribution in [1.29, 1.82) is 0 Å². The van der Waals surface area contributed by atoms with Crippen molar-refractivity contribution in [3.63, 3.8) is 0 Å². The summed E-state index contributed by atoms with van der Waals surface area (Å²) in [5.41, 5.74) is 2.86. The minimum absolute atomic E-state index is 0.0492. The molecule has 2 rings (SSSR count). The van der Waals surface area contributed by atoms with Gasteiger partial charge in [0.2, 0.25) is 0 Å². The molecule has 0 bridgehead atoms. The van der Waals surface area contributed by atoms with E-state index in [0.717, 1.165) is 17.0 Å². The quantitative estimate of drug-likeness (QED) is 0.664. The fourth-order valence-corrected chi connectivity index (χ4v) is 1.52. The van der Waals surface area contributed by atoms with Gasteiger partial charge in [-0.2, -0.15) is 5.10 Å². The van der Waals surface area contributed by atoms with E-state index in [2.05, 4.69) is 5.10 Å². The first kappa shape index (κ1) is 8.94. The van der Waals surface area contributed by atoms with E-state index < -0.39 is 0 Å². The van der Waals surface area contributed by atoms with Crippen LogP contribution in [0.5, 0.6) is 0 Å². The Bertz CT molecular complexity index is 410. The van der Waals surface area contributed by atoms with Gasteiger partial charge in [-0.1, -0.05) is 12.1 Å². The number of carbonyl (C=O) groups excluding carboxylic acids is 1. The first-order valence-corrected chi connectivity index (χ1v) is 4.60. The van der Waals surface area contributed by atoms with Crippen LogP contribution < -0.4 is 5.01 Å². The van der Waals surface area contributed by atoms with Crippen molar-refractivity contribution in [3.8, 4) is 0 Å². The molecule has 0 saturated carbocycles. The summed E-state index contributed by atoms with van der Waals surface area (Å²) in [7, 11) is 0. The topological polar surface area (TPSA) is 32.7 Å². The third kappa shape index (κ3) is 1.53. The number of amides is 1. The zero-order chi connectivity index (χ0) is 10.1.